The molecule has 0 saturated carbocycles. The molecule has 1 aromatic carbocycles. The third-order valence-corrected chi connectivity index (χ3v) is 2.70. The summed E-state index contributed by atoms with van der Waals surface area (Å²) in [6, 6.07) is 7.41. The molecule has 20 heavy (non-hydrogen) atoms. The molecule has 1 atom stereocenters. The third kappa shape index (κ3) is 6.43. The Bertz CT molecular complexity index is 391. The van der Waals surface area contributed by atoms with Gasteiger partial charge in [-0.3, -0.25) is 4.79 Å². The van der Waals surface area contributed by atoms with Crippen LogP contribution >= 0.6 is 0 Å². The number of ether oxygens (including phenoxy) is 3. The van der Waals surface area contributed by atoms with E-state index in [9.17, 15) is 4.79 Å². The van der Waals surface area contributed by atoms with Gasteiger partial charge in [0.25, 0.3) is 0 Å². The molecule has 0 spiro atoms. The molecule has 1 rings (SSSR count). The number of carbonyl (C=O) groups excluding carboxylic acids is 1. The minimum Gasteiger partial charge on any atom is -0.497 e. The van der Waals surface area contributed by atoms with E-state index in [1.54, 1.807) is 14.2 Å². The number of methoxy groups -OCH3 is 2. The standard InChI is InChI=1S/C15H23NO4/c1-12(11-18-2)16-15(17)5-4-10-20-14-8-6-13(19-3)7-9-14/h6-9,12H,4-5,10-11H2,1-3H3,(H,16,17). The molecule has 0 aliphatic rings. The van der Waals surface area contributed by atoms with Crippen molar-refractivity contribution < 1.29 is 19.0 Å². The lowest BCUT2D eigenvalue weighted by Gasteiger charge is -2.12. The largest absolute Gasteiger partial charge is 0.497 e. The molecule has 0 saturated heterocycles. The number of carbonyl (C=O) groups is 1. The number of amides is 1. The fourth-order valence-electron chi connectivity index (χ4n) is 1.73. The van der Waals surface area contributed by atoms with Gasteiger partial charge in [-0.05, 0) is 37.6 Å². The minimum absolute atomic E-state index is 0.0212. The highest BCUT2D eigenvalue weighted by atomic mass is 16.5. The summed E-state index contributed by atoms with van der Waals surface area (Å²) in [5.41, 5.74) is 0. The van der Waals surface area contributed by atoms with Crippen molar-refractivity contribution in [2.75, 3.05) is 27.4 Å². The fraction of sp³-hybridized carbons (Fsp3) is 0.533. The van der Waals surface area contributed by atoms with Crippen LogP contribution in [0.3, 0.4) is 0 Å². The minimum atomic E-state index is 0.0212. The van der Waals surface area contributed by atoms with Gasteiger partial charge >= 0.3 is 0 Å². The monoisotopic (exact) mass is 281 g/mol. The van der Waals surface area contributed by atoms with Crippen molar-refractivity contribution in [2.24, 2.45) is 0 Å². The second-order valence-electron chi connectivity index (χ2n) is 4.55. The van der Waals surface area contributed by atoms with Gasteiger partial charge in [-0.1, -0.05) is 0 Å². The predicted molar refractivity (Wildman–Crippen MR) is 77.2 cm³/mol. The Labute approximate surface area is 120 Å². The Morgan fingerprint density at radius 3 is 2.45 bits per heavy atom. The van der Waals surface area contributed by atoms with E-state index in [2.05, 4.69) is 5.32 Å². The molecule has 0 aliphatic heterocycles. The number of hydrogen-bond donors (Lipinski definition) is 1. The van der Waals surface area contributed by atoms with Crippen molar-refractivity contribution in [1.29, 1.82) is 0 Å². The van der Waals surface area contributed by atoms with Crippen LogP contribution in [0.4, 0.5) is 0 Å². The van der Waals surface area contributed by atoms with Crippen LogP contribution in [0.2, 0.25) is 0 Å². The maximum absolute atomic E-state index is 11.6. The van der Waals surface area contributed by atoms with E-state index < -0.39 is 0 Å². The van der Waals surface area contributed by atoms with E-state index in [1.807, 2.05) is 31.2 Å². The molecule has 0 aromatic heterocycles. The molecule has 0 aliphatic carbocycles. The third-order valence-electron chi connectivity index (χ3n) is 2.70. The topological polar surface area (TPSA) is 56.8 Å². The number of nitrogens with one attached hydrogen (secondary N) is 1. The van der Waals surface area contributed by atoms with E-state index in [1.165, 1.54) is 0 Å². The SMILES string of the molecule is COCC(C)NC(=O)CCCOc1ccc(OC)cc1. The molecule has 0 bridgehead atoms. The molecule has 0 heterocycles. The summed E-state index contributed by atoms with van der Waals surface area (Å²) in [4.78, 5) is 11.6. The molecular weight excluding hydrogens is 258 g/mol. The molecule has 5 nitrogen and oxygen atoms in total. The molecule has 1 aromatic rings. The Morgan fingerprint density at radius 1 is 1.20 bits per heavy atom. The van der Waals surface area contributed by atoms with Crippen LogP contribution in [0.1, 0.15) is 19.8 Å². The van der Waals surface area contributed by atoms with Crippen LogP contribution in [-0.2, 0) is 9.53 Å². The Hall–Kier alpha value is -1.75. The first kappa shape index (κ1) is 16.3. The van der Waals surface area contributed by atoms with Crippen molar-refractivity contribution in [3.05, 3.63) is 24.3 Å². The fourth-order valence-corrected chi connectivity index (χ4v) is 1.73. The first-order valence-corrected chi connectivity index (χ1v) is 6.71. The van der Waals surface area contributed by atoms with E-state index in [4.69, 9.17) is 14.2 Å². The lowest BCUT2D eigenvalue weighted by Crippen LogP contribution is -2.35. The summed E-state index contributed by atoms with van der Waals surface area (Å²) in [6.45, 7) is 2.95. The van der Waals surface area contributed by atoms with Gasteiger partial charge in [-0.2, -0.15) is 0 Å². The van der Waals surface area contributed by atoms with Gasteiger partial charge in [0.1, 0.15) is 11.5 Å². The van der Waals surface area contributed by atoms with Crippen molar-refractivity contribution in [2.45, 2.75) is 25.8 Å². The molecule has 112 valence electrons. The van der Waals surface area contributed by atoms with Crippen molar-refractivity contribution in [3.8, 4) is 11.5 Å². The highest BCUT2D eigenvalue weighted by Gasteiger charge is 2.06. The zero-order chi connectivity index (χ0) is 14.8. The Morgan fingerprint density at radius 2 is 1.85 bits per heavy atom. The van der Waals surface area contributed by atoms with Gasteiger partial charge < -0.3 is 19.5 Å². The maximum Gasteiger partial charge on any atom is 0.220 e. The van der Waals surface area contributed by atoms with Gasteiger partial charge in [-0.15, -0.1) is 0 Å². The van der Waals surface area contributed by atoms with Crippen LogP contribution in [0, 0.1) is 0 Å². The zero-order valence-corrected chi connectivity index (χ0v) is 12.3. The summed E-state index contributed by atoms with van der Waals surface area (Å²) in [6.07, 6.45) is 1.13. The second kappa shape index (κ2) is 9.20. The van der Waals surface area contributed by atoms with Gasteiger partial charge in [-0.25, -0.2) is 0 Å². The quantitative estimate of drug-likeness (QED) is 0.703. The number of benzene rings is 1. The first-order chi connectivity index (χ1) is 9.65. The van der Waals surface area contributed by atoms with Crippen molar-refractivity contribution >= 4 is 5.91 Å². The summed E-state index contributed by atoms with van der Waals surface area (Å²) in [5.74, 6) is 1.59. The molecule has 1 unspecified atom stereocenters. The number of rotatable bonds is 9. The van der Waals surface area contributed by atoms with E-state index in [0.29, 0.717) is 26.1 Å². The molecule has 5 heteroatoms. The summed E-state index contributed by atoms with van der Waals surface area (Å²) in [7, 11) is 3.24. The van der Waals surface area contributed by atoms with E-state index in [0.717, 1.165) is 11.5 Å². The lowest BCUT2D eigenvalue weighted by atomic mass is 10.2. The zero-order valence-electron chi connectivity index (χ0n) is 12.3. The average Bonchev–Trinajstić information content (AvgIpc) is 2.44. The van der Waals surface area contributed by atoms with Crippen molar-refractivity contribution in [3.63, 3.8) is 0 Å². The normalized spacial score (nSPS) is 11.8. The summed E-state index contributed by atoms with van der Waals surface area (Å²) >= 11 is 0. The van der Waals surface area contributed by atoms with Crippen LogP contribution < -0.4 is 14.8 Å². The highest BCUT2D eigenvalue weighted by Crippen LogP contribution is 2.17. The Balaban J connectivity index is 2.16. The maximum atomic E-state index is 11.6. The smallest absolute Gasteiger partial charge is 0.220 e. The molecular formula is C15H23NO4. The number of hydrogen-bond acceptors (Lipinski definition) is 4. The lowest BCUT2D eigenvalue weighted by molar-refractivity contribution is -0.122. The van der Waals surface area contributed by atoms with Gasteiger partial charge in [0.2, 0.25) is 5.91 Å². The molecule has 0 radical (unpaired) electrons. The van der Waals surface area contributed by atoms with Crippen LogP contribution in [0.25, 0.3) is 0 Å². The van der Waals surface area contributed by atoms with Crippen molar-refractivity contribution in [1.82, 2.24) is 5.32 Å². The second-order valence-corrected chi connectivity index (χ2v) is 4.55. The summed E-state index contributed by atoms with van der Waals surface area (Å²) in [5, 5.41) is 2.86. The first-order valence-electron chi connectivity index (χ1n) is 6.71. The summed E-state index contributed by atoms with van der Waals surface area (Å²) < 4.78 is 15.6. The van der Waals surface area contributed by atoms with E-state index >= 15 is 0 Å². The van der Waals surface area contributed by atoms with Crippen LogP contribution in [0.5, 0.6) is 11.5 Å². The Kier molecular flexibility index (Phi) is 7.50. The molecule has 1 amide bonds. The van der Waals surface area contributed by atoms with Gasteiger partial charge in [0.05, 0.1) is 20.3 Å². The predicted octanol–water partition coefficient (Wildman–Crippen LogP) is 2.01. The average molecular weight is 281 g/mol. The van der Waals surface area contributed by atoms with Gasteiger partial charge in [0.15, 0.2) is 0 Å². The molecule has 0 fully saturated rings. The van der Waals surface area contributed by atoms with Crippen LogP contribution in [-0.4, -0.2) is 39.4 Å². The molecule has 1 N–H and O–H groups in total. The van der Waals surface area contributed by atoms with Gasteiger partial charge in [0, 0.05) is 19.6 Å². The highest BCUT2D eigenvalue weighted by molar-refractivity contribution is 5.76. The van der Waals surface area contributed by atoms with Crippen LogP contribution in [0.15, 0.2) is 24.3 Å². The van der Waals surface area contributed by atoms with E-state index in [-0.39, 0.29) is 11.9 Å².